The van der Waals surface area contributed by atoms with Crippen LogP contribution in [0, 0.1) is 0 Å². The predicted molar refractivity (Wildman–Crippen MR) is 154 cm³/mol. The zero-order valence-corrected chi connectivity index (χ0v) is 21.8. The van der Waals surface area contributed by atoms with Crippen LogP contribution in [-0.4, -0.2) is 22.0 Å². The minimum Gasteiger partial charge on any atom is -0.355 e. The SMILES string of the molecule is O=C(Nc1nc(-c2ccccc2)c(NC(=O)c2cccc3ccccc23)s1)c1cc(-c2ccc(Cl)cc2)on1. The van der Waals surface area contributed by atoms with Gasteiger partial charge in [0, 0.05) is 27.8 Å². The van der Waals surface area contributed by atoms with Crippen LogP contribution in [0.4, 0.5) is 10.1 Å². The molecule has 2 heterocycles. The van der Waals surface area contributed by atoms with E-state index < -0.39 is 5.91 Å². The molecule has 39 heavy (non-hydrogen) atoms. The first-order valence-corrected chi connectivity index (χ1v) is 13.1. The number of aromatic nitrogens is 2. The second-order valence-electron chi connectivity index (χ2n) is 8.58. The number of benzene rings is 4. The molecule has 6 aromatic rings. The third kappa shape index (κ3) is 5.16. The maximum atomic E-state index is 13.4. The number of thiazole rings is 1. The van der Waals surface area contributed by atoms with Crippen LogP contribution < -0.4 is 10.6 Å². The van der Waals surface area contributed by atoms with Crippen LogP contribution in [0.5, 0.6) is 0 Å². The van der Waals surface area contributed by atoms with Gasteiger partial charge < -0.3 is 9.84 Å². The summed E-state index contributed by atoms with van der Waals surface area (Å²) in [6.07, 6.45) is 0. The van der Waals surface area contributed by atoms with Gasteiger partial charge in [-0.25, -0.2) is 4.98 Å². The lowest BCUT2D eigenvalue weighted by Gasteiger charge is -2.08. The van der Waals surface area contributed by atoms with Gasteiger partial charge in [-0.1, -0.05) is 94.8 Å². The summed E-state index contributed by atoms with van der Waals surface area (Å²) in [6.45, 7) is 0. The second-order valence-corrected chi connectivity index (χ2v) is 10.0. The smallest absolute Gasteiger partial charge is 0.279 e. The van der Waals surface area contributed by atoms with E-state index in [9.17, 15) is 9.59 Å². The molecule has 4 aromatic carbocycles. The van der Waals surface area contributed by atoms with Crippen LogP contribution in [0.15, 0.2) is 108 Å². The zero-order valence-electron chi connectivity index (χ0n) is 20.2. The molecule has 0 saturated heterocycles. The molecular weight excluding hydrogens is 532 g/mol. The number of rotatable bonds is 6. The number of carbonyl (C=O) groups is 2. The Bertz CT molecular complexity index is 1810. The van der Waals surface area contributed by atoms with Crippen molar-refractivity contribution in [2.75, 3.05) is 10.6 Å². The van der Waals surface area contributed by atoms with Gasteiger partial charge in [0.15, 0.2) is 16.6 Å². The van der Waals surface area contributed by atoms with Crippen LogP contribution in [0.3, 0.4) is 0 Å². The van der Waals surface area contributed by atoms with Crippen molar-refractivity contribution in [2.45, 2.75) is 0 Å². The van der Waals surface area contributed by atoms with E-state index in [1.807, 2.05) is 66.7 Å². The number of anilines is 2. The molecule has 7 nitrogen and oxygen atoms in total. The van der Waals surface area contributed by atoms with Gasteiger partial charge in [0.1, 0.15) is 10.7 Å². The Morgan fingerprint density at radius 2 is 1.51 bits per heavy atom. The van der Waals surface area contributed by atoms with Crippen LogP contribution in [0.1, 0.15) is 20.8 Å². The molecule has 0 atom stereocenters. The van der Waals surface area contributed by atoms with E-state index in [0.29, 0.717) is 32.2 Å². The fourth-order valence-electron chi connectivity index (χ4n) is 4.14. The molecule has 0 fully saturated rings. The second kappa shape index (κ2) is 10.5. The van der Waals surface area contributed by atoms with Crippen molar-refractivity contribution >= 4 is 55.7 Å². The van der Waals surface area contributed by atoms with Crippen molar-refractivity contribution in [1.82, 2.24) is 10.1 Å². The van der Waals surface area contributed by atoms with Crippen LogP contribution in [-0.2, 0) is 0 Å². The van der Waals surface area contributed by atoms with E-state index in [4.69, 9.17) is 16.1 Å². The summed E-state index contributed by atoms with van der Waals surface area (Å²) >= 11 is 7.12. The van der Waals surface area contributed by atoms with E-state index >= 15 is 0 Å². The summed E-state index contributed by atoms with van der Waals surface area (Å²) < 4.78 is 5.36. The highest BCUT2D eigenvalue weighted by Gasteiger charge is 2.21. The average molecular weight is 551 g/mol. The largest absolute Gasteiger partial charge is 0.355 e. The number of nitrogens with one attached hydrogen (secondary N) is 2. The minimum atomic E-state index is -0.487. The Kier molecular flexibility index (Phi) is 6.62. The third-order valence-electron chi connectivity index (χ3n) is 6.03. The van der Waals surface area contributed by atoms with Crippen LogP contribution >= 0.6 is 22.9 Å². The molecule has 2 N–H and O–H groups in total. The summed E-state index contributed by atoms with van der Waals surface area (Å²) in [4.78, 5) is 31.0. The predicted octanol–water partition coefficient (Wildman–Crippen LogP) is 7.78. The molecule has 9 heteroatoms. The maximum Gasteiger partial charge on any atom is 0.279 e. The quantitative estimate of drug-likeness (QED) is 0.221. The molecule has 190 valence electrons. The first kappa shape index (κ1) is 24.5. The molecule has 0 aliphatic heterocycles. The Balaban J connectivity index is 1.28. The monoisotopic (exact) mass is 550 g/mol. The van der Waals surface area contributed by atoms with E-state index in [1.54, 1.807) is 36.4 Å². The highest BCUT2D eigenvalue weighted by molar-refractivity contribution is 7.20. The Hall–Kier alpha value is -4.79. The fourth-order valence-corrected chi connectivity index (χ4v) is 5.14. The van der Waals surface area contributed by atoms with Crippen molar-refractivity contribution < 1.29 is 14.1 Å². The van der Waals surface area contributed by atoms with Gasteiger partial charge in [0.05, 0.1) is 0 Å². The number of carbonyl (C=O) groups excluding carboxylic acids is 2. The van der Waals surface area contributed by atoms with E-state index in [1.165, 1.54) is 0 Å². The van der Waals surface area contributed by atoms with Crippen molar-refractivity contribution in [3.05, 3.63) is 119 Å². The molecule has 2 aromatic heterocycles. The highest BCUT2D eigenvalue weighted by Crippen LogP contribution is 2.37. The van der Waals surface area contributed by atoms with Gasteiger partial charge in [-0.15, -0.1) is 0 Å². The highest BCUT2D eigenvalue weighted by atomic mass is 35.5. The molecule has 0 aliphatic rings. The molecule has 0 bridgehead atoms. The minimum absolute atomic E-state index is 0.0951. The molecule has 6 rings (SSSR count). The number of halogens is 1. The van der Waals surface area contributed by atoms with Gasteiger partial charge in [-0.05, 0) is 41.1 Å². The topological polar surface area (TPSA) is 97.1 Å². The fraction of sp³-hybridized carbons (Fsp3) is 0. The number of fused-ring (bicyclic) bond motifs is 1. The Labute approximate surface area is 232 Å². The zero-order chi connectivity index (χ0) is 26.8. The third-order valence-corrected chi connectivity index (χ3v) is 7.17. The lowest BCUT2D eigenvalue weighted by molar-refractivity contribution is 0.101. The first-order chi connectivity index (χ1) is 19.0. The maximum absolute atomic E-state index is 13.4. The average Bonchev–Trinajstić information content (AvgIpc) is 3.61. The number of nitrogens with zero attached hydrogens (tertiary/aromatic N) is 2. The number of hydrogen-bond acceptors (Lipinski definition) is 6. The Morgan fingerprint density at radius 1 is 0.769 bits per heavy atom. The molecule has 0 saturated carbocycles. The molecular formula is C30H19ClN4O3S. The van der Waals surface area contributed by atoms with Crippen molar-refractivity contribution in [1.29, 1.82) is 0 Å². The standard InChI is InChI=1S/C30H19ClN4O3S/c31-21-15-13-19(14-16-21)25-17-24(35-38-25)28(37)34-30-32-26(20-8-2-1-3-9-20)29(39-30)33-27(36)23-12-6-10-18-7-4-5-11-22(18)23/h1-17H,(H,33,36)(H,32,34,37). The van der Waals surface area contributed by atoms with Crippen LogP contribution in [0.25, 0.3) is 33.4 Å². The van der Waals surface area contributed by atoms with Gasteiger partial charge in [0.2, 0.25) is 0 Å². The van der Waals surface area contributed by atoms with Crippen molar-refractivity contribution in [3.63, 3.8) is 0 Å². The van der Waals surface area contributed by atoms with Gasteiger partial charge in [-0.3, -0.25) is 14.9 Å². The van der Waals surface area contributed by atoms with E-state index in [2.05, 4.69) is 20.8 Å². The van der Waals surface area contributed by atoms with Crippen molar-refractivity contribution in [2.24, 2.45) is 0 Å². The molecule has 0 unspecified atom stereocenters. The van der Waals surface area contributed by atoms with Gasteiger partial charge in [0.25, 0.3) is 11.8 Å². The molecule has 0 spiro atoms. The van der Waals surface area contributed by atoms with Gasteiger partial charge in [-0.2, -0.15) is 0 Å². The normalized spacial score (nSPS) is 10.9. The summed E-state index contributed by atoms with van der Waals surface area (Å²) in [6, 6.07) is 31.3. The lowest BCUT2D eigenvalue weighted by Crippen LogP contribution is -2.12. The van der Waals surface area contributed by atoms with Gasteiger partial charge >= 0.3 is 0 Å². The summed E-state index contributed by atoms with van der Waals surface area (Å²) in [5, 5.41) is 12.9. The van der Waals surface area contributed by atoms with Crippen LogP contribution in [0.2, 0.25) is 5.02 Å². The first-order valence-electron chi connectivity index (χ1n) is 11.9. The molecule has 2 amide bonds. The summed E-state index contributed by atoms with van der Waals surface area (Å²) in [5.74, 6) is -0.321. The lowest BCUT2D eigenvalue weighted by atomic mass is 10.0. The number of hydrogen-bond donors (Lipinski definition) is 2. The summed E-state index contributed by atoms with van der Waals surface area (Å²) in [5.41, 5.74) is 2.73. The Morgan fingerprint density at radius 3 is 2.33 bits per heavy atom. The molecule has 0 aliphatic carbocycles. The number of amides is 2. The molecule has 0 radical (unpaired) electrons. The summed E-state index contributed by atoms with van der Waals surface area (Å²) in [7, 11) is 0. The van der Waals surface area contributed by atoms with E-state index in [-0.39, 0.29) is 11.6 Å². The van der Waals surface area contributed by atoms with E-state index in [0.717, 1.165) is 33.2 Å². The van der Waals surface area contributed by atoms with Crippen molar-refractivity contribution in [3.8, 4) is 22.6 Å².